The zero-order valence-electron chi connectivity index (χ0n) is 13.3. The van der Waals surface area contributed by atoms with Gasteiger partial charge in [0.1, 0.15) is 5.82 Å². The van der Waals surface area contributed by atoms with Crippen LogP contribution in [0.5, 0.6) is 0 Å². The van der Waals surface area contributed by atoms with Crippen molar-refractivity contribution in [2.45, 2.75) is 39.2 Å². The Morgan fingerprint density at radius 1 is 1.35 bits per heavy atom. The lowest BCUT2D eigenvalue weighted by atomic mass is 9.78. The second-order valence-electron chi connectivity index (χ2n) is 6.14. The molecule has 1 aliphatic carbocycles. The maximum atomic E-state index is 13.0. The Hall–Kier alpha value is -1.43. The van der Waals surface area contributed by atoms with Crippen LogP contribution < -0.4 is 5.32 Å². The van der Waals surface area contributed by atoms with Crippen LogP contribution in [0.3, 0.4) is 0 Å². The van der Waals surface area contributed by atoms with Crippen LogP contribution in [0.15, 0.2) is 22.7 Å². The largest absolute Gasteiger partial charge is 0.452 e. The molecule has 4 nitrogen and oxygen atoms in total. The number of ether oxygens (including phenoxy) is 1. The Balaban J connectivity index is 1.85. The predicted molar refractivity (Wildman–Crippen MR) is 88.5 cm³/mol. The molecule has 1 N–H and O–H groups in total. The van der Waals surface area contributed by atoms with Crippen molar-refractivity contribution >= 4 is 27.8 Å². The summed E-state index contributed by atoms with van der Waals surface area (Å²) in [5.41, 5.74) is 0.193. The van der Waals surface area contributed by atoms with Crippen molar-refractivity contribution in [1.29, 1.82) is 0 Å². The highest BCUT2D eigenvalue weighted by molar-refractivity contribution is 9.10. The summed E-state index contributed by atoms with van der Waals surface area (Å²) in [7, 11) is 0. The molecule has 1 fully saturated rings. The molecule has 1 aliphatic rings. The molecule has 0 unspecified atom stereocenters. The number of esters is 1. The van der Waals surface area contributed by atoms with E-state index < -0.39 is 11.8 Å². The van der Waals surface area contributed by atoms with E-state index in [0.29, 0.717) is 16.3 Å². The summed E-state index contributed by atoms with van der Waals surface area (Å²) in [6, 6.07) is 3.81. The van der Waals surface area contributed by atoms with Gasteiger partial charge in [-0.05, 0) is 52.4 Å². The number of carbonyl (C=O) groups is 2. The van der Waals surface area contributed by atoms with E-state index in [-0.39, 0.29) is 24.1 Å². The first kappa shape index (κ1) is 17.9. The number of carbonyl (C=O) groups excluding carboxylic acids is 2. The van der Waals surface area contributed by atoms with Gasteiger partial charge in [-0.1, -0.05) is 26.7 Å². The molecule has 0 radical (unpaired) electrons. The Morgan fingerprint density at radius 3 is 2.78 bits per heavy atom. The molecule has 6 heteroatoms. The lowest BCUT2D eigenvalue weighted by Crippen LogP contribution is -2.45. The van der Waals surface area contributed by atoms with Crippen LogP contribution in [0.25, 0.3) is 0 Å². The van der Waals surface area contributed by atoms with Crippen LogP contribution in [0, 0.1) is 17.7 Å². The molecule has 3 atom stereocenters. The molecular weight excluding hydrogens is 365 g/mol. The van der Waals surface area contributed by atoms with Crippen molar-refractivity contribution < 1.29 is 18.7 Å². The molecule has 23 heavy (non-hydrogen) atoms. The number of nitrogens with one attached hydrogen (secondary N) is 1. The Morgan fingerprint density at radius 2 is 2.09 bits per heavy atom. The van der Waals surface area contributed by atoms with Crippen molar-refractivity contribution in [3.63, 3.8) is 0 Å². The van der Waals surface area contributed by atoms with Crippen LogP contribution in [0.2, 0.25) is 0 Å². The average Bonchev–Trinajstić information content (AvgIpc) is 2.49. The Bertz CT molecular complexity index is 593. The van der Waals surface area contributed by atoms with E-state index in [9.17, 15) is 14.0 Å². The van der Waals surface area contributed by atoms with Gasteiger partial charge in [-0.15, -0.1) is 0 Å². The lowest BCUT2D eigenvalue weighted by molar-refractivity contribution is -0.125. The topological polar surface area (TPSA) is 55.4 Å². The number of amides is 1. The number of benzene rings is 1. The van der Waals surface area contributed by atoms with Gasteiger partial charge in [-0.25, -0.2) is 9.18 Å². The second-order valence-corrected chi connectivity index (χ2v) is 7.00. The van der Waals surface area contributed by atoms with Gasteiger partial charge >= 0.3 is 5.97 Å². The van der Waals surface area contributed by atoms with E-state index >= 15 is 0 Å². The number of rotatable bonds is 4. The second kappa shape index (κ2) is 7.90. The summed E-state index contributed by atoms with van der Waals surface area (Å²) in [6.45, 7) is 3.99. The van der Waals surface area contributed by atoms with E-state index in [1.54, 1.807) is 0 Å². The molecular formula is C17H21BrFNO3. The quantitative estimate of drug-likeness (QED) is 0.804. The van der Waals surface area contributed by atoms with Gasteiger partial charge in [0.15, 0.2) is 6.61 Å². The van der Waals surface area contributed by atoms with Crippen LogP contribution in [-0.4, -0.2) is 24.5 Å². The Kier molecular flexibility index (Phi) is 6.16. The summed E-state index contributed by atoms with van der Waals surface area (Å²) < 4.78 is 18.3. The smallest absolute Gasteiger partial charge is 0.339 e. The minimum atomic E-state index is -0.655. The molecule has 1 saturated carbocycles. The van der Waals surface area contributed by atoms with Gasteiger partial charge in [0.05, 0.1) is 5.56 Å². The van der Waals surface area contributed by atoms with Crippen molar-refractivity contribution in [1.82, 2.24) is 5.32 Å². The van der Waals surface area contributed by atoms with Crippen molar-refractivity contribution in [3.8, 4) is 0 Å². The van der Waals surface area contributed by atoms with Crippen LogP contribution in [-0.2, 0) is 9.53 Å². The van der Waals surface area contributed by atoms with Crippen molar-refractivity contribution in [2.75, 3.05) is 6.61 Å². The monoisotopic (exact) mass is 385 g/mol. The third-order valence-electron chi connectivity index (χ3n) is 4.54. The van der Waals surface area contributed by atoms with E-state index in [0.717, 1.165) is 12.8 Å². The fourth-order valence-corrected chi connectivity index (χ4v) is 3.41. The molecule has 0 saturated heterocycles. The Labute approximate surface area is 143 Å². The maximum absolute atomic E-state index is 13.0. The van der Waals surface area contributed by atoms with Gasteiger partial charge in [0.2, 0.25) is 0 Å². The normalized spacial score (nSPS) is 24.1. The molecule has 1 aromatic rings. The summed E-state index contributed by atoms with van der Waals surface area (Å²) in [5, 5.41) is 2.94. The van der Waals surface area contributed by atoms with Gasteiger partial charge in [-0.3, -0.25) is 4.79 Å². The van der Waals surface area contributed by atoms with Gasteiger partial charge < -0.3 is 10.1 Å². The van der Waals surface area contributed by atoms with Gasteiger partial charge in [-0.2, -0.15) is 0 Å². The molecule has 0 bridgehead atoms. The number of hydrogen-bond donors (Lipinski definition) is 1. The molecule has 0 spiro atoms. The molecule has 0 heterocycles. The molecule has 0 aliphatic heterocycles. The standard InChI is InChI=1S/C17H21BrFNO3/c1-10-4-3-5-15(11(10)2)20-16(21)9-23-17(22)13-7-6-12(19)8-14(13)18/h6-8,10-11,15H,3-5,9H2,1-2H3,(H,20,21)/t10-,11+,15+/m0/s1. The number of halogens is 2. The zero-order chi connectivity index (χ0) is 17.0. The van der Waals surface area contributed by atoms with Gasteiger partial charge in [0.25, 0.3) is 5.91 Å². The van der Waals surface area contributed by atoms with E-state index in [4.69, 9.17) is 4.74 Å². The van der Waals surface area contributed by atoms with E-state index in [1.165, 1.54) is 24.6 Å². The van der Waals surface area contributed by atoms with Crippen molar-refractivity contribution in [2.24, 2.45) is 11.8 Å². The molecule has 126 valence electrons. The predicted octanol–water partition coefficient (Wildman–Crippen LogP) is 3.69. The highest BCUT2D eigenvalue weighted by Gasteiger charge is 2.28. The average molecular weight is 386 g/mol. The molecule has 1 amide bonds. The third kappa shape index (κ3) is 4.77. The zero-order valence-corrected chi connectivity index (χ0v) is 14.9. The van der Waals surface area contributed by atoms with E-state index in [1.807, 2.05) is 0 Å². The van der Waals surface area contributed by atoms with Crippen LogP contribution in [0.4, 0.5) is 4.39 Å². The SMILES string of the molecule is C[C@@H]1[C@@H](C)CCC[C@H]1NC(=O)COC(=O)c1ccc(F)cc1Br. The fraction of sp³-hybridized carbons (Fsp3) is 0.529. The number of hydrogen-bond acceptors (Lipinski definition) is 3. The van der Waals surface area contributed by atoms with Crippen LogP contribution in [0.1, 0.15) is 43.5 Å². The molecule has 0 aromatic heterocycles. The van der Waals surface area contributed by atoms with Crippen LogP contribution >= 0.6 is 15.9 Å². The summed E-state index contributed by atoms with van der Waals surface area (Å²) in [6.07, 6.45) is 3.23. The fourth-order valence-electron chi connectivity index (χ4n) is 2.90. The highest BCUT2D eigenvalue weighted by atomic mass is 79.9. The first-order valence-electron chi connectivity index (χ1n) is 7.80. The van der Waals surface area contributed by atoms with E-state index in [2.05, 4.69) is 35.1 Å². The minimum Gasteiger partial charge on any atom is -0.452 e. The first-order valence-corrected chi connectivity index (χ1v) is 8.59. The first-order chi connectivity index (χ1) is 10.9. The summed E-state index contributed by atoms with van der Waals surface area (Å²) in [5.74, 6) is -0.424. The minimum absolute atomic E-state index is 0.127. The maximum Gasteiger partial charge on any atom is 0.339 e. The molecule has 2 rings (SSSR count). The summed E-state index contributed by atoms with van der Waals surface area (Å²) >= 11 is 3.11. The van der Waals surface area contributed by atoms with Gasteiger partial charge in [0, 0.05) is 10.5 Å². The molecule has 1 aromatic carbocycles. The highest BCUT2D eigenvalue weighted by Crippen LogP contribution is 2.29. The summed E-state index contributed by atoms with van der Waals surface area (Å²) in [4.78, 5) is 23.9. The van der Waals surface area contributed by atoms with Crippen molar-refractivity contribution in [3.05, 3.63) is 34.1 Å². The lowest BCUT2D eigenvalue weighted by Gasteiger charge is -2.34. The third-order valence-corrected chi connectivity index (χ3v) is 5.19.